The molecule has 0 spiro atoms. The van der Waals surface area contributed by atoms with E-state index in [4.69, 9.17) is 11.5 Å². The zero-order chi connectivity index (χ0) is 12.0. The lowest BCUT2D eigenvalue weighted by atomic mass is 10.1. The van der Waals surface area contributed by atoms with Crippen LogP contribution in [0.1, 0.15) is 10.4 Å². The van der Waals surface area contributed by atoms with E-state index < -0.39 is 5.91 Å². The predicted octanol–water partition coefficient (Wildman–Crippen LogP) is -1.22. The monoisotopic (exact) mass is 231 g/mol. The summed E-state index contributed by atoms with van der Waals surface area (Å²) in [4.78, 5) is 17.2. The SMILES string of the molecule is NC(=O)c1ccc(N2CC(N)C2)n2n[c]nc12. The van der Waals surface area contributed by atoms with Gasteiger partial charge in [0, 0.05) is 19.1 Å². The molecule has 7 nitrogen and oxygen atoms in total. The molecule has 0 bridgehead atoms. The van der Waals surface area contributed by atoms with E-state index in [0.717, 1.165) is 18.9 Å². The van der Waals surface area contributed by atoms with Crippen LogP contribution in [0.25, 0.3) is 5.65 Å². The first-order chi connectivity index (χ1) is 8.16. The van der Waals surface area contributed by atoms with Gasteiger partial charge in [0.15, 0.2) is 5.65 Å². The van der Waals surface area contributed by atoms with E-state index in [-0.39, 0.29) is 6.04 Å². The number of carbonyl (C=O) groups is 1. The van der Waals surface area contributed by atoms with E-state index in [9.17, 15) is 4.79 Å². The highest BCUT2D eigenvalue weighted by Gasteiger charge is 2.26. The van der Waals surface area contributed by atoms with Gasteiger partial charge in [0.1, 0.15) is 5.82 Å². The molecular weight excluding hydrogens is 220 g/mol. The van der Waals surface area contributed by atoms with Gasteiger partial charge in [-0.25, -0.2) is 4.98 Å². The van der Waals surface area contributed by atoms with Crippen LogP contribution in [0, 0.1) is 6.33 Å². The summed E-state index contributed by atoms with van der Waals surface area (Å²) in [5.74, 6) is 0.323. The molecule has 0 aliphatic carbocycles. The molecule has 1 radical (unpaired) electrons. The van der Waals surface area contributed by atoms with Gasteiger partial charge in [0.2, 0.25) is 6.33 Å². The van der Waals surface area contributed by atoms with Crippen LogP contribution in [-0.4, -0.2) is 39.6 Å². The Hall–Kier alpha value is -2.15. The van der Waals surface area contributed by atoms with Crippen molar-refractivity contribution in [1.82, 2.24) is 14.6 Å². The Morgan fingerprint density at radius 1 is 1.47 bits per heavy atom. The maximum Gasteiger partial charge on any atom is 0.252 e. The van der Waals surface area contributed by atoms with Crippen molar-refractivity contribution >= 4 is 17.4 Å². The molecular formula is C10H11N6O. The van der Waals surface area contributed by atoms with Crippen molar-refractivity contribution in [3.8, 4) is 0 Å². The summed E-state index contributed by atoms with van der Waals surface area (Å²) in [7, 11) is 0. The highest BCUT2D eigenvalue weighted by atomic mass is 16.1. The summed E-state index contributed by atoms with van der Waals surface area (Å²) in [6, 6.07) is 3.63. The molecule has 0 aromatic carbocycles. The molecule has 1 amide bonds. The molecule has 3 rings (SSSR count). The molecule has 7 heteroatoms. The third-order valence-electron chi connectivity index (χ3n) is 2.86. The van der Waals surface area contributed by atoms with E-state index in [1.54, 1.807) is 16.6 Å². The average molecular weight is 231 g/mol. The number of amides is 1. The fraction of sp³-hybridized carbons (Fsp3) is 0.300. The number of primary amides is 1. The van der Waals surface area contributed by atoms with Crippen LogP contribution < -0.4 is 16.4 Å². The number of nitrogens with zero attached hydrogens (tertiary/aromatic N) is 4. The van der Waals surface area contributed by atoms with Gasteiger partial charge in [0.25, 0.3) is 5.91 Å². The number of rotatable bonds is 2. The Bertz CT molecular complexity index is 585. The Labute approximate surface area is 97.0 Å². The minimum Gasteiger partial charge on any atom is -0.365 e. The number of hydrogen-bond donors (Lipinski definition) is 2. The maximum atomic E-state index is 11.2. The molecule has 0 unspecified atom stereocenters. The third-order valence-corrected chi connectivity index (χ3v) is 2.86. The molecule has 87 valence electrons. The van der Waals surface area contributed by atoms with Gasteiger partial charge in [-0.15, -0.1) is 5.10 Å². The van der Waals surface area contributed by atoms with Gasteiger partial charge in [-0.05, 0) is 12.1 Å². The second kappa shape index (κ2) is 3.42. The van der Waals surface area contributed by atoms with Crippen molar-refractivity contribution in [2.24, 2.45) is 11.5 Å². The molecule has 1 aliphatic heterocycles. The Kier molecular flexibility index (Phi) is 2.02. The second-order valence-electron chi connectivity index (χ2n) is 4.08. The quantitative estimate of drug-likeness (QED) is 0.674. The van der Waals surface area contributed by atoms with Crippen molar-refractivity contribution in [2.75, 3.05) is 18.0 Å². The van der Waals surface area contributed by atoms with E-state index in [2.05, 4.69) is 21.3 Å². The molecule has 3 heterocycles. The standard InChI is InChI=1S/C10H11N6O/c11-6-3-15(4-6)8-2-1-7(9(12)17)10-13-5-14-16(8)10/h1-2,6H,3-4,11H2,(H2,12,17). The lowest BCUT2D eigenvalue weighted by molar-refractivity contribution is 0.100. The number of aromatic nitrogens is 3. The number of carbonyl (C=O) groups excluding carboxylic acids is 1. The highest BCUT2D eigenvalue weighted by molar-refractivity contribution is 5.98. The van der Waals surface area contributed by atoms with Crippen molar-refractivity contribution in [2.45, 2.75) is 6.04 Å². The molecule has 17 heavy (non-hydrogen) atoms. The van der Waals surface area contributed by atoms with Gasteiger partial charge in [-0.2, -0.15) is 4.52 Å². The fourth-order valence-corrected chi connectivity index (χ4v) is 1.98. The Balaban J connectivity index is 2.12. The van der Waals surface area contributed by atoms with Crippen LogP contribution in [0.2, 0.25) is 0 Å². The van der Waals surface area contributed by atoms with Gasteiger partial charge in [-0.1, -0.05) is 0 Å². The van der Waals surface area contributed by atoms with Crippen LogP contribution in [0.15, 0.2) is 12.1 Å². The van der Waals surface area contributed by atoms with Gasteiger partial charge < -0.3 is 16.4 Å². The van der Waals surface area contributed by atoms with Crippen LogP contribution in [0.5, 0.6) is 0 Å². The van der Waals surface area contributed by atoms with Crippen LogP contribution >= 0.6 is 0 Å². The molecule has 2 aromatic heterocycles. The molecule has 2 aromatic rings. The molecule has 4 N–H and O–H groups in total. The molecule has 1 aliphatic rings. The average Bonchev–Trinajstić information content (AvgIpc) is 2.72. The van der Waals surface area contributed by atoms with Gasteiger partial charge in [0.05, 0.1) is 5.56 Å². The number of hydrogen-bond acceptors (Lipinski definition) is 5. The molecule has 0 atom stereocenters. The number of fused-ring (bicyclic) bond motifs is 1. The maximum absolute atomic E-state index is 11.2. The van der Waals surface area contributed by atoms with E-state index in [0.29, 0.717) is 11.2 Å². The smallest absolute Gasteiger partial charge is 0.252 e. The Morgan fingerprint density at radius 3 is 2.88 bits per heavy atom. The predicted molar refractivity (Wildman–Crippen MR) is 60.5 cm³/mol. The Morgan fingerprint density at radius 2 is 2.24 bits per heavy atom. The fourth-order valence-electron chi connectivity index (χ4n) is 1.98. The van der Waals surface area contributed by atoms with Crippen LogP contribution in [-0.2, 0) is 0 Å². The van der Waals surface area contributed by atoms with Crippen LogP contribution in [0.3, 0.4) is 0 Å². The van der Waals surface area contributed by atoms with E-state index in [1.807, 2.05) is 0 Å². The topological polar surface area (TPSA) is 103 Å². The summed E-state index contributed by atoms with van der Waals surface area (Å²) in [6.07, 6.45) is 2.48. The zero-order valence-electron chi connectivity index (χ0n) is 9.00. The van der Waals surface area contributed by atoms with E-state index in [1.165, 1.54) is 0 Å². The van der Waals surface area contributed by atoms with Crippen molar-refractivity contribution in [1.29, 1.82) is 0 Å². The minimum atomic E-state index is -0.525. The normalized spacial score (nSPS) is 16.2. The number of nitrogens with two attached hydrogens (primary N) is 2. The highest BCUT2D eigenvalue weighted by Crippen LogP contribution is 2.22. The summed E-state index contributed by atoms with van der Waals surface area (Å²) < 4.78 is 1.56. The minimum absolute atomic E-state index is 0.188. The largest absolute Gasteiger partial charge is 0.365 e. The lowest BCUT2D eigenvalue weighted by Gasteiger charge is -2.38. The zero-order valence-corrected chi connectivity index (χ0v) is 9.00. The van der Waals surface area contributed by atoms with Crippen molar-refractivity contribution < 1.29 is 4.79 Å². The van der Waals surface area contributed by atoms with Gasteiger partial charge >= 0.3 is 0 Å². The van der Waals surface area contributed by atoms with Gasteiger partial charge in [-0.3, -0.25) is 4.79 Å². The third kappa shape index (κ3) is 1.43. The first-order valence-electron chi connectivity index (χ1n) is 5.23. The first kappa shape index (κ1) is 10.0. The summed E-state index contributed by atoms with van der Waals surface area (Å²) in [5, 5.41) is 3.98. The molecule has 1 saturated heterocycles. The number of pyridine rings is 1. The van der Waals surface area contributed by atoms with Crippen molar-refractivity contribution in [3.63, 3.8) is 0 Å². The first-order valence-corrected chi connectivity index (χ1v) is 5.23. The lowest BCUT2D eigenvalue weighted by Crippen LogP contribution is -2.56. The summed E-state index contributed by atoms with van der Waals surface area (Å²) >= 11 is 0. The number of anilines is 1. The van der Waals surface area contributed by atoms with E-state index >= 15 is 0 Å². The molecule has 1 fully saturated rings. The summed E-state index contributed by atoms with van der Waals surface area (Å²) in [6.45, 7) is 1.54. The second-order valence-corrected chi connectivity index (χ2v) is 4.08. The summed E-state index contributed by atoms with van der Waals surface area (Å²) in [5.41, 5.74) is 11.8. The molecule has 0 saturated carbocycles. The van der Waals surface area contributed by atoms with Crippen LogP contribution in [0.4, 0.5) is 5.82 Å². The van der Waals surface area contributed by atoms with Crippen molar-refractivity contribution in [3.05, 3.63) is 24.0 Å².